The zero-order valence-corrected chi connectivity index (χ0v) is 13.9. The maximum absolute atomic E-state index is 12.9. The van der Waals surface area contributed by atoms with E-state index in [2.05, 4.69) is 20.8 Å². The minimum Gasteiger partial charge on any atom is -0.352 e. The van der Waals surface area contributed by atoms with Crippen LogP contribution in [0.25, 0.3) is 0 Å². The van der Waals surface area contributed by atoms with Crippen molar-refractivity contribution < 1.29 is 9.59 Å². The van der Waals surface area contributed by atoms with Gasteiger partial charge in [0, 0.05) is 31.2 Å². The van der Waals surface area contributed by atoms with Crippen LogP contribution in [-0.4, -0.2) is 46.2 Å². The number of aryl methyl sites for hydroxylation is 1. The lowest BCUT2D eigenvalue weighted by Crippen LogP contribution is -2.56. The van der Waals surface area contributed by atoms with Crippen molar-refractivity contribution in [1.29, 1.82) is 0 Å². The smallest absolute Gasteiger partial charge is 0.318 e. The van der Waals surface area contributed by atoms with Crippen LogP contribution in [0.4, 0.5) is 4.79 Å². The number of benzene rings is 1. The van der Waals surface area contributed by atoms with Crippen LogP contribution in [0.15, 0.2) is 36.5 Å². The molecule has 3 N–H and O–H groups in total. The molecule has 2 unspecified atom stereocenters. The van der Waals surface area contributed by atoms with Crippen molar-refractivity contribution >= 4 is 11.9 Å². The van der Waals surface area contributed by atoms with Crippen molar-refractivity contribution in [2.75, 3.05) is 13.1 Å². The molecule has 1 aromatic carbocycles. The van der Waals surface area contributed by atoms with E-state index in [1.807, 2.05) is 36.5 Å². The molecule has 1 aliphatic heterocycles. The highest BCUT2D eigenvalue weighted by Gasteiger charge is 2.35. The molecule has 2 heterocycles. The zero-order chi connectivity index (χ0) is 17.2. The second-order valence-corrected chi connectivity index (χ2v) is 6.56. The first-order chi connectivity index (χ1) is 12.2. The minimum atomic E-state index is -0.582. The Morgan fingerprint density at radius 1 is 1.28 bits per heavy atom. The average molecular weight is 339 g/mol. The first kappa shape index (κ1) is 15.7. The van der Waals surface area contributed by atoms with Crippen LogP contribution >= 0.6 is 0 Å². The Kier molecular flexibility index (Phi) is 4.13. The molecule has 4 rings (SSSR count). The number of amides is 3. The fourth-order valence-corrected chi connectivity index (χ4v) is 3.64. The van der Waals surface area contributed by atoms with Gasteiger partial charge in [-0.05, 0) is 24.0 Å². The number of hydrogen-bond donors (Lipinski definition) is 3. The van der Waals surface area contributed by atoms with Crippen LogP contribution in [0.3, 0.4) is 0 Å². The summed E-state index contributed by atoms with van der Waals surface area (Å²) in [6.07, 6.45) is 4.39. The molecule has 7 nitrogen and oxygen atoms in total. The SMILES string of the molecule is O=C1NCCN(C(=O)NC2CCc3cn[nH]c3C2)C1c1ccccc1. The highest BCUT2D eigenvalue weighted by atomic mass is 16.2. The van der Waals surface area contributed by atoms with Crippen LogP contribution in [0.2, 0.25) is 0 Å². The lowest BCUT2D eigenvalue weighted by molar-refractivity contribution is -0.127. The minimum absolute atomic E-state index is 0.0573. The van der Waals surface area contributed by atoms with E-state index in [1.54, 1.807) is 4.90 Å². The Balaban J connectivity index is 1.49. The first-order valence-corrected chi connectivity index (χ1v) is 8.63. The number of aromatic amines is 1. The molecule has 1 saturated heterocycles. The van der Waals surface area contributed by atoms with Gasteiger partial charge in [-0.1, -0.05) is 30.3 Å². The molecule has 7 heteroatoms. The molecular weight excluding hydrogens is 318 g/mol. The Morgan fingerprint density at radius 3 is 2.96 bits per heavy atom. The molecule has 2 aromatic rings. The molecule has 0 spiro atoms. The molecule has 25 heavy (non-hydrogen) atoms. The molecule has 3 amide bonds. The number of aromatic nitrogens is 2. The van der Waals surface area contributed by atoms with Crippen molar-refractivity contribution in [2.24, 2.45) is 0 Å². The van der Waals surface area contributed by atoms with E-state index in [4.69, 9.17) is 0 Å². The lowest BCUT2D eigenvalue weighted by atomic mass is 9.94. The second-order valence-electron chi connectivity index (χ2n) is 6.56. The maximum Gasteiger partial charge on any atom is 0.318 e. The van der Waals surface area contributed by atoms with E-state index in [1.165, 1.54) is 5.56 Å². The summed E-state index contributed by atoms with van der Waals surface area (Å²) >= 11 is 0. The molecule has 130 valence electrons. The third kappa shape index (κ3) is 3.09. The van der Waals surface area contributed by atoms with Gasteiger partial charge in [0.2, 0.25) is 5.91 Å². The van der Waals surface area contributed by atoms with E-state index in [0.717, 1.165) is 30.5 Å². The number of rotatable bonds is 2. The molecule has 1 fully saturated rings. The monoisotopic (exact) mass is 339 g/mol. The summed E-state index contributed by atoms with van der Waals surface area (Å²) in [5.74, 6) is -0.132. The zero-order valence-electron chi connectivity index (χ0n) is 13.9. The van der Waals surface area contributed by atoms with Crippen LogP contribution in [-0.2, 0) is 17.6 Å². The molecule has 0 bridgehead atoms. The fourth-order valence-electron chi connectivity index (χ4n) is 3.64. The number of carbonyl (C=O) groups is 2. The Labute approximate surface area is 145 Å². The van der Waals surface area contributed by atoms with Crippen molar-refractivity contribution in [1.82, 2.24) is 25.7 Å². The van der Waals surface area contributed by atoms with Crippen molar-refractivity contribution in [2.45, 2.75) is 31.3 Å². The van der Waals surface area contributed by atoms with Gasteiger partial charge in [-0.3, -0.25) is 9.89 Å². The first-order valence-electron chi connectivity index (χ1n) is 8.63. The van der Waals surface area contributed by atoms with E-state index >= 15 is 0 Å². The van der Waals surface area contributed by atoms with Crippen molar-refractivity contribution in [3.63, 3.8) is 0 Å². The van der Waals surface area contributed by atoms with Gasteiger partial charge in [0.05, 0.1) is 6.20 Å². The molecular formula is C18H21N5O2. The van der Waals surface area contributed by atoms with Gasteiger partial charge in [0.15, 0.2) is 0 Å². The van der Waals surface area contributed by atoms with Gasteiger partial charge < -0.3 is 15.5 Å². The number of urea groups is 1. The van der Waals surface area contributed by atoms with E-state index in [0.29, 0.717) is 13.1 Å². The van der Waals surface area contributed by atoms with Gasteiger partial charge in [0.25, 0.3) is 0 Å². The number of carbonyl (C=O) groups excluding carboxylic acids is 2. The maximum atomic E-state index is 12.9. The van der Waals surface area contributed by atoms with E-state index in [-0.39, 0.29) is 18.0 Å². The number of nitrogens with zero attached hydrogens (tertiary/aromatic N) is 2. The van der Waals surface area contributed by atoms with Crippen LogP contribution in [0.1, 0.15) is 29.3 Å². The lowest BCUT2D eigenvalue weighted by Gasteiger charge is -2.36. The highest BCUT2D eigenvalue weighted by molar-refractivity contribution is 5.89. The molecule has 0 radical (unpaired) electrons. The predicted octanol–water partition coefficient (Wildman–Crippen LogP) is 1.15. The van der Waals surface area contributed by atoms with Gasteiger partial charge in [-0.15, -0.1) is 0 Å². The summed E-state index contributed by atoms with van der Waals surface area (Å²) in [4.78, 5) is 26.9. The quantitative estimate of drug-likeness (QED) is 0.767. The molecule has 0 saturated carbocycles. The largest absolute Gasteiger partial charge is 0.352 e. The van der Waals surface area contributed by atoms with Crippen molar-refractivity contribution in [3.8, 4) is 0 Å². The number of hydrogen-bond acceptors (Lipinski definition) is 3. The summed E-state index contributed by atoms with van der Waals surface area (Å²) in [6, 6.07) is 8.72. The van der Waals surface area contributed by atoms with Crippen LogP contribution in [0.5, 0.6) is 0 Å². The Morgan fingerprint density at radius 2 is 2.12 bits per heavy atom. The van der Waals surface area contributed by atoms with E-state index < -0.39 is 6.04 Å². The second kappa shape index (κ2) is 6.58. The molecule has 1 aromatic heterocycles. The number of nitrogens with one attached hydrogen (secondary N) is 3. The molecule has 2 aliphatic rings. The number of fused-ring (bicyclic) bond motifs is 1. The highest BCUT2D eigenvalue weighted by Crippen LogP contribution is 2.24. The summed E-state index contributed by atoms with van der Waals surface area (Å²) in [7, 11) is 0. The summed E-state index contributed by atoms with van der Waals surface area (Å²) in [6.45, 7) is 0.976. The molecule has 2 atom stereocenters. The van der Waals surface area contributed by atoms with Crippen LogP contribution in [0, 0.1) is 0 Å². The normalized spacial score (nSPS) is 22.9. The standard InChI is InChI=1S/C18H21N5O2/c24-17-16(12-4-2-1-3-5-12)23(9-8-19-17)18(25)21-14-7-6-13-11-20-22-15(13)10-14/h1-5,11,14,16H,6-10H2,(H,19,24)(H,20,22)(H,21,25). The fraction of sp³-hybridized carbons (Fsp3) is 0.389. The topological polar surface area (TPSA) is 90.1 Å². The van der Waals surface area contributed by atoms with Crippen molar-refractivity contribution in [3.05, 3.63) is 53.3 Å². The van der Waals surface area contributed by atoms with Gasteiger partial charge in [0.1, 0.15) is 6.04 Å². The van der Waals surface area contributed by atoms with Crippen LogP contribution < -0.4 is 10.6 Å². The number of H-pyrrole nitrogens is 1. The van der Waals surface area contributed by atoms with Gasteiger partial charge in [-0.25, -0.2) is 4.79 Å². The summed E-state index contributed by atoms with van der Waals surface area (Å²) < 4.78 is 0. The summed E-state index contributed by atoms with van der Waals surface area (Å²) in [5.41, 5.74) is 3.15. The van der Waals surface area contributed by atoms with Gasteiger partial charge >= 0.3 is 6.03 Å². The predicted molar refractivity (Wildman–Crippen MR) is 91.8 cm³/mol. The van der Waals surface area contributed by atoms with E-state index in [9.17, 15) is 9.59 Å². The third-order valence-corrected chi connectivity index (χ3v) is 4.94. The van der Waals surface area contributed by atoms with Gasteiger partial charge in [-0.2, -0.15) is 5.10 Å². The Hall–Kier alpha value is -2.83. The number of piperazine rings is 1. The Bertz CT molecular complexity index is 773. The average Bonchev–Trinajstić information content (AvgIpc) is 3.10. The third-order valence-electron chi connectivity index (χ3n) is 4.94. The molecule has 1 aliphatic carbocycles. The summed E-state index contributed by atoms with van der Waals surface area (Å²) in [5, 5.41) is 13.0.